The van der Waals surface area contributed by atoms with E-state index in [2.05, 4.69) is 26.1 Å². The minimum absolute atomic E-state index is 0.233. The summed E-state index contributed by atoms with van der Waals surface area (Å²) >= 11 is 3.56. The van der Waals surface area contributed by atoms with E-state index in [1.165, 1.54) is 12.8 Å². The van der Waals surface area contributed by atoms with Crippen molar-refractivity contribution in [2.75, 3.05) is 18.9 Å². The summed E-state index contributed by atoms with van der Waals surface area (Å²) in [5.74, 6) is 2.02. The fourth-order valence-corrected chi connectivity index (χ4v) is 2.98. The number of hydrogen-bond donors (Lipinski definition) is 2. The quantitative estimate of drug-likeness (QED) is 0.840. The SMILES string of the molecule is Nc1cc(-c2cc(Br)c3c(c2)OCC2(CC2)CO3)[nH]n1. The van der Waals surface area contributed by atoms with Gasteiger partial charge in [-0.2, -0.15) is 5.10 Å². The lowest BCUT2D eigenvalue weighted by atomic mass is 10.1. The number of nitrogens with two attached hydrogens (primary N) is 1. The number of aromatic amines is 1. The van der Waals surface area contributed by atoms with E-state index in [-0.39, 0.29) is 5.41 Å². The van der Waals surface area contributed by atoms with Crippen LogP contribution in [0.4, 0.5) is 5.82 Å². The second-order valence-electron chi connectivity index (χ2n) is 5.57. The van der Waals surface area contributed by atoms with Crippen LogP contribution in [-0.2, 0) is 0 Å². The van der Waals surface area contributed by atoms with Crippen LogP contribution in [0.1, 0.15) is 12.8 Å². The molecule has 1 fully saturated rings. The summed E-state index contributed by atoms with van der Waals surface area (Å²) < 4.78 is 12.8. The molecular weight excluding hydrogens is 322 g/mol. The minimum Gasteiger partial charge on any atom is -0.489 e. The first-order valence-corrected chi connectivity index (χ1v) is 7.35. The van der Waals surface area contributed by atoms with Gasteiger partial charge in [0.05, 0.1) is 23.4 Å². The number of halogens is 1. The zero-order valence-electron chi connectivity index (χ0n) is 10.8. The molecular formula is C14H14BrN3O2. The van der Waals surface area contributed by atoms with Gasteiger partial charge in [0, 0.05) is 17.0 Å². The minimum atomic E-state index is 0.233. The standard InChI is InChI=1S/C14H14BrN3O2/c15-9-3-8(10-5-12(16)18-17-10)4-11-13(9)20-7-14(1-2-14)6-19-11/h3-5H,1-2,6-7H2,(H3,16,17,18). The van der Waals surface area contributed by atoms with Crippen molar-refractivity contribution in [3.8, 4) is 22.8 Å². The summed E-state index contributed by atoms with van der Waals surface area (Å²) in [6.07, 6.45) is 2.37. The summed E-state index contributed by atoms with van der Waals surface area (Å²) in [5.41, 5.74) is 7.71. The monoisotopic (exact) mass is 335 g/mol. The molecule has 0 unspecified atom stereocenters. The van der Waals surface area contributed by atoms with E-state index in [1.807, 2.05) is 12.1 Å². The van der Waals surface area contributed by atoms with E-state index in [4.69, 9.17) is 15.2 Å². The van der Waals surface area contributed by atoms with Gasteiger partial charge in [-0.3, -0.25) is 5.10 Å². The van der Waals surface area contributed by atoms with Crippen LogP contribution in [0, 0.1) is 5.41 Å². The third-order valence-corrected chi connectivity index (χ3v) is 4.52. The molecule has 1 spiro atoms. The van der Waals surface area contributed by atoms with Crippen molar-refractivity contribution >= 4 is 21.7 Å². The van der Waals surface area contributed by atoms with Gasteiger partial charge in [-0.05, 0) is 40.9 Å². The summed E-state index contributed by atoms with van der Waals surface area (Å²) in [7, 11) is 0. The van der Waals surface area contributed by atoms with Crippen LogP contribution >= 0.6 is 15.9 Å². The Kier molecular flexibility index (Phi) is 2.51. The van der Waals surface area contributed by atoms with Crippen LogP contribution < -0.4 is 15.2 Å². The number of anilines is 1. The molecule has 0 bridgehead atoms. The molecule has 1 aromatic heterocycles. The number of benzene rings is 1. The first-order valence-electron chi connectivity index (χ1n) is 6.56. The zero-order valence-corrected chi connectivity index (χ0v) is 12.4. The van der Waals surface area contributed by atoms with Gasteiger partial charge in [0.1, 0.15) is 5.82 Å². The average molecular weight is 336 g/mol. The number of nitrogens with one attached hydrogen (secondary N) is 1. The third-order valence-electron chi connectivity index (χ3n) is 3.93. The van der Waals surface area contributed by atoms with Gasteiger partial charge in [0.2, 0.25) is 0 Å². The van der Waals surface area contributed by atoms with E-state index in [9.17, 15) is 0 Å². The fourth-order valence-electron chi connectivity index (χ4n) is 2.42. The third kappa shape index (κ3) is 1.95. The van der Waals surface area contributed by atoms with Crippen molar-refractivity contribution in [1.29, 1.82) is 0 Å². The van der Waals surface area contributed by atoms with Gasteiger partial charge in [-0.1, -0.05) is 0 Å². The lowest BCUT2D eigenvalue weighted by molar-refractivity contribution is 0.196. The second-order valence-corrected chi connectivity index (χ2v) is 6.42. The fraction of sp³-hybridized carbons (Fsp3) is 0.357. The summed E-state index contributed by atoms with van der Waals surface area (Å²) in [5, 5.41) is 6.86. The normalized spacial score (nSPS) is 18.9. The highest BCUT2D eigenvalue weighted by Crippen LogP contribution is 2.51. The molecule has 104 valence electrons. The van der Waals surface area contributed by atoms with Crippen LogP contribution in [0.2, 0.25) is 0 Å². The predicted octanol–water partition coefficient (Wildman–Crippen LogP) is 2.97. The molecule has 6 heteroatoms. The van der Waals surface area contributed by atoms with Crippen LogP contribution in [0.3, 0.4) is 0 Å². The number of nitrogens with zero attached hydrogens (tertiary/aromatic N) is 1. The maximum absolute atomic E-state index is 5.96. The van der Waals surface area contributed by atoms with E-state index >= 15 is 0 Å². The Morgan fingerprint density at radius 3 is 2.70 bits per heavy atom. The molecule has 1 aliphatic heterocycles. The molecule has 0 radical (unpaired) electrons. The van der Waals surface area contributed by atoms with Crippen molar-refractivity contribution in [1.82, 2.24) is 10.2 Å². The molecule has 3 N–H and O–H groups in total. The molecule has 5 nitrogen and oxygen atoms in total. The van der Waals surface area contributed by atoms with Crippen LogP contribution in [0.15, 0.2) is 22.7 Å². The first-order chi connectivity index (χ1) is 9.65. The van der Waals surface area contributed by atoms with Crippen molar-refractivity contribution in [2.24, 2.45) is 5.41 Å². The van der Waals surface area contributed by atoms with Crippen molar-refractivity contribution < 1.29 is 9.47 Å². The lowest BCUT2D eigenvalue weighted by Gasteiger charge is -2.10. The predicted molar refractivity (Wildman–Crippen MR) is 78.8 cm³/mol. The van der Waals surface area contributed by atoms with Gasteiger partial charge in [-0.25, -0.2) is 0 Å². The average Bonchev–Trinajstić information content (AvgIpc) is 3.12. The Morgan fingerprint density at radius 2 is 2.00 bits per heavy atom. The van der Waals surface area contributed by atoms with Crippen LogP contribution in [-0.4, -0.2) is 23.4 Å². The topological polar surface area (TPSA) is 73.2 Å². The largest absolute Gasteiger partial charge is 0.489 e. The molecule has 1 aromatic carbocycles. The zero-order chi connectivity index (χ0) is 13.7. The van der Waals surface area contributed by atoms with E-state index in [1.54, 1.807) is 6.07 Å². The van der Waals surface area contributed by atoms with Gasteiger partial charge >= 0.3 is 0 Å². The maximum atomic E-state index is 5.96. The van der Waals surface area contributed by atoms with Crippen LogP contribution in [0.25, 0.3) is 11.3 Å². The highest BCUT2D eigenvalue weighted by Gasteiger charge is 2.46. The van der Waals surface area contributed by atoms with Gasteiger partial charge in [0.15, 0.2) is 11.5 Å². The molecule has 4 rings (SSSR count). The van der Waals surface area contributed by atoms with Gasteiger partial charge in [0.25, 0.3) is 0 Å². The molecule has 2 aliphatic rings. The Morgan fingerprint density at radius 1 is 1.20 bits per heavy atom. The summed E-state index contributed by atoms with van der Waals surface area (Å²) in [6, 6.07) is 5.75. The molecule has 1 aliphatic carbocycles. The van der Waals surface area contributed by atoms with Gasteiger partial charge < -0.3 is 15.2 Å². The van der Waals surface area contributed by atoms with Crippen molar-refractivity contribution in [3.63, 3.8) is 0 Å². The van der Waals surface area contributed by atoms with E-state index in [0.717, 1.165) is 40.4 Å². The smallest absolute Gasteiger partial charge is 0.175 e. The first kappa shape index (κ1) is 12.1. The van der Waals surface area contributed by atoms with Crippen LogP contribution in [0.5, 0.6) is 11.5 Å². The Labute approximate surface area is 124 Å². The molecule has 20 heavy (non-hydrogen) atoms. The van der Waals surface area contributed by atoms with E-state index in [0.29, 0.717) is 5.82 Å². The number of hydrogen-bond acceptors (Lipinski definition) is 4. The Balaban J connectivity index is 1.75. The van der Waals surface area contributed by atoms with Gasteiger partial charge in [-0.15, -0.1) is 0 Å². The van der Waals surface area contributed by atoms with Crippen molar-refractivity contribution in [3.05, 3.63) is 22.7 Å². The molecule has 2 aromatic rings. The highest BCUT2D eigenvalue weighted by molar-refractivity contribution is 9.10. The number of H-pyrrole nitrogens is 1. The lowest BCUT2D eigenvalue weighted by Crippen LogP contribution is -2.17. The molecule has 1 saturated carbocycles. The number of rotatable bonds is 1. The maximum Gasteiger partial charge on any atom is 0.175 e. The number of ether oxygens (including phenoxy) is 2. The molecule has 0 saturated heterocycles. The van der Waals surface area contributed by atoms with E-state index < -0.39 is 0 Å². The Bertz CT molecular complexity index is 679. The Hall–Kier alpha value is -1.69. The number of fused-ring (bicyclic) bond motifs is 1. The highest BCUT2D eigenvalue weighted by atomic mass is 79.9. The number of nitrogen functional groups attached to an aromatic ring is 1. The molecule has 2 heterocycles. The summed E-state index contributed by atoms with van der Waals surface area (Å²) in [6.45, 7) is 1.45. The summed E-state index contributed by atoms with van der Waals surface area (Å²) in [4.78, 5) is 0. The molecule has 0 atom stereocenters. The van der Waals surface area contributed by atoms with Crippen molar-refractivity contribution in [2.45, 2.75) is 12.8 Å². The second kappa shape index (κ2) is 4.15. The molecule has 0 amide bonds. The number of aromatic nitrogens is 2.